The van der Waals surface area contributed by atoms with Gasteiger partial charge in [0.25, 0.3) is 0 Å². The van der Waals surface area contributed by atoms with Gasteiger partial charge in [-0.05, 0) is 25.0 Å². The summed E-state index contributed by atoms with van der Waals surface area (Å²) < 4.78 is 10.3. The maximum absolute atomic E-state index is 11.6. The molecular weight excluding hydrogens is 234 g/mol. The van der Waals surface area contributed by atoms with Crippen LogP contribution in [0.4, 0.5) is 5.69 Å². The van der Waals surface area contributed by atoms with Crippen LogP contribution >= 0.6 is 0 Å². The minimum absolute atomic E-state index is 0.0735. The van der Waals surface area contributed by atoms with Gasteiger partial charge in [0.15, 0.2) is 11.5 Å². The first kappa shape index (κ1) is 14.3. The molecule has 5 nitrogen and oxygen atoms in total. The number of anilines is 1. The van der Waals surface area contributed by atoms with Crippen LogP contribution in [0.25, 0.3) is 0 Å². The van der Waals surface area contributed by atoms with Gasteiger partial charge in [-0.25, -0.2) is 0 Å². The molecule has 0 saturated carbocycles. The summed E-state index contributed by atoms with van der Waals surface area (Å²) in [4.78, 5) is 11.6. The molecule has 0 aliphatic heterocycles. The van der Waals surface area contributed by atoms with Crippen molar-refractivity contribution in [1.29, 1.82) is 0 Å². The number of hydrogen-bond donors (Lipinski definition) is 2. The van der Waals surface area contributed by atoms with E-state index in [1.165, 1.54) is 0 Å². The fraction of sp³-hybridized carbons (Fsp3) is 0.462. The number of aliphatic hydroxyl groups excluding tert-OH is 1. The third kappa shape index (κ3) is 4.25. The molecule has 1 rings (SSSR count). The molecule has 18 heavy (non-hydrogen) atoms. The molecule has 0 unspecified atom stereocenters. The fourth-order valence-corrected chi connectivity index (χ4v) is 1.53. The van der Waals surface area contributed by atoms with Crippen LogP contribution in [-0.2, 0) is 4.79 Å². The minimum Gasteiger partial charge on any atom is -0.493 e. The molecule has 0 heterocycles. The first-order chi connectivity index (χ1) is 8.71. The molecule has 1 amide bonds. The van der Waals surface area contributed by atoms with Crippen LogP contribution in [0.3, 0.4) is 0 Å². The molecule has 0 spiro atoms. The molecule has 0 radical (unpaired) electrons. The summed E-state index contributed by atoms with van der Waals surface area (Å²) in [5.74, 6) is 1.12. The Balaban J connectivity index is 2.59. The zero-order valence-corrected chi connectivity index (χ0v) is 10.7. The number of amides is 1. The average Bonchev–Trinajstić information content (AvgIpc) is 2.39. The summed E-state index contributed by atoms with van der Waals surface area (Å²) in [6, 6.07) is 5.20. The Bertz CT molecular complexity index is 393. The smallest absolute Gasteiger partial charge is 0.224 e. The highest BCUT2D eigenvalue weighted by atomic mass is 16.5. The quantitative estimate of drug-likeness (QED) is 0.727. The predicted octanol–water partition coefficient (Wildman–Crippen LogP) is 1.80. The van der Waals surface area contributed by atoms with Crippen molar-refractivity contribution in [3.05, 3.63) is 18.2 Å². The number of benzene rings is 1. The first-order valence-corrected chi connectivity index (χ1v) is 5.84. The normalized spacial score (nSPS) is 9.94. The van der Waals surface area contributed by atoms with E-state index in [1.807, 2.05) is 0 Å². The lowest BCUT2D eigenvalue weighted by atomic mass is 10.2. The molecule has 0 aliphatic carbocycles. The molecule has 0 bridgehead atoms. The zero-order valence-electron chi connectivity index (χ0n) is 10.7. The van der Waals surface area contributed by atoms with Crippen LogP contribution < -0.4 is 14.8 Å². The number of unbranched alkanes of at least 4 members (excludes halogenated alkanes) is 1. The SMILES string of the molecule is COc1ccc(NC(=O)CCCCO)cc1OC. The highest BCUT2D eigenvalue weighted by Crippen LogP contribution is 2.29. The van der Waals surface area contributed by atoms with Crippen molar-refractivity contribution in [2.45, 2.75) is 19.3 Å². The van der Waals surface area contributed by atoms with Crippen molar-refractivity contribution in [2.75, 3.05) is 26.1 Å². The Morgan fingerprint density at radius 2 is 1.94 bits per heavy atom. The second-order valence-electron chi connectivity index (χ2n) is 3.80. The summed E-state index contributed by atoms with van der Waals surface area (Å²) in [6.07, 6.45) is 1.71. The maximum atomic E-state index is 11.6. The predicted molar refractivity (Wildman–Crippen MR) is 69.1 cm³/mol. The van der Waals surface area contributed by atoms with E-state index in [1.54, 1.807) is 32.4 Å². The topological polar surface area (TPSA) is 67.8 Å². The van der Waals surface area contributed by atoms with E-state index in [4.69, 9.17) is 14.6 Å². The van der Waals surface area contributed by atoms with Gasteiger partial charge in [-0.15, -0.1) is 0 Å². The monoisotopic (exact) mass is 253 g/mol. The van der Waals surface area contributed by atoms with Gasteiger partial charge in [-0.3, -0.25) is 4.79 Å². The van der Waals surface area contributed by atoms with E-state index in [2.05, 4.69) is 5.32 Å². The van der Waals surface area contributed by atoms with Crippen molar-refractivity contribution in [2.24, 2.45) is 0 Å². The van der Waals surface area contributed by atoms with Crippen molar-refractivity contribution in [1.82, 2.24) is 0 Å². The van der Waals surface area contributed by atoms with Crippen molar-refractivity contribution in [3.8, 4) is 11.5 Å². The van der Waals surface area contributed by atoms with Gasteiger partial charge < -0.3 is 19.9 Å². The Hall–Kier alpha value is -1.75. The second kappa shape index (κ2) is 7.55. The van der Waals surface area contributed by atoms with Crippen LogP contribution in [0.1, 0.15) is 19.3 Å². The summed E-state index contributed by atoms with van der Waals surface area (Å²) in [5.41, 5.74) is 0.668. The van der Waals surface area contributed by atoms with E-state index in [-0.39, 0.29) is 12.5 Å². The number of nitrogens with one attached hydrogen (secondary N) is 1. The second-order valence-corrected chi connectivity index (χ2v) is 3.80. The molecule has 0 fully saturated rings. The minimum atomic E-state index is -0.0735. The van der Waals surface area contributed by atoms with Crippen LogP contribution in [-0.4, -0.2) is 31.8 Å². The van der Waals surface area contributed by atoms with E-state index < -0.39 is 0 Å². The summed E-state index contributed by atoms with van der Waals surface area (Å²) in [5, 5.41) is 11.4. The van der Waals surface area contributed by atoms with E-state index in [0.29, 0.717) is 36.4 Å². The number of hydrogen-bond acceptors (Lipinski definition) is 4. The molecule has 5 heteroatoms. The summed E-state index contributed by atoms with van der Waals surface area (Å²) in [7, 11) is 3.11. The molecular formula is C13H19NO4. The number of methoxy groups -OCH3 is 2. The molecule has 1 aromatic carbocycles. The van der Waals surface area contributed by atoms with Gasteiger partial charge in [0.05, 0.1) is 14.2 Å². The fourth-order valence-electron chi connectivity index (χ4n) is 1.53. The van der Waals surface area contributed by atoms with E-state index >= 15 is 0 Å². The molecule has 0 saturated heterocycles. The number of carbonyl (C=O) groups excluding carboxylic acids is 1. The highest BCUT2D eigenvalue weighted by Gasteiger charge is 2.07. The van der Waals surface area contributed by atoms with Crippen LogP contribution in [0.5, 0.6) is 11.5 Å². The summed E-state index contributed by atoms with van der Waals surface area (Å²) >= 11 is 0. The number of carbonyl (C=O) groups is 1. The lowest BCUT2D eigenvalue weighted by Gasteiger charge is -2.10. The number of ether oxygens (including phenoxy) is 2. The Morgan fingerprint density at radius 1 is 1.22 bits per heavy atom. The van der Waals surface area contributed by atoms with Gasteiger partial charge in [-0.2, -0.15) is 0 Å². The Morgan fingerprint density at radius 3 is 2.56 bits per heavy atom. The molecule has 0 aromatic heterocycles. The molecule has 0 aliphatic rings. The molecule has 100 valence electrons. The number of rotatable bonds is 7. The largest absolute Gasteiger partial charge is 0.493 e. The van der Waals surface area contributed by atoms with Gasteiger partial charge in [0.2, 0.25) is 5.91 Å². The van der Waals surface area contributed by atoms with Crippen LogP contribution in [0.15, 0.2) is 18.2 Å². The first-order valence-electron chi connectivity index (χ1n) is 5.84. The van der Waals surface area contributed by atoms with Gasteiger partial charge in [-0.1, -0.05) is 0 Å². The van der Waals surface area contributed by atoms with Crippen LogP contribution in [0.2, 0.25) is 0 Å². The van der Waals surface area contributed by atoms with Crippen LogP contribution in [0, 0.1) is 0 Å². The van der Waals surface area contributed by atoms with Gasteiger partial charge >= 0.3 is 0 Å². The highest BCUT2D eigenvalue weighted by molar-refractivity contribution is 5.91. The van der Waals surface area contributed by atoms with Crippen molar-refractivity contribution < 1.29 is 19.4 Å². The third-order valence-electron chi connectivity index (χ3n) is 2.48. The average molecular weight is 253 g/mol. The lowest BCUT2D eigenvalue weighted by Crippen LogP contribution is -2.11. The zero-order chi connectivity index (χ0) is 13.4. The molecule has 0 atom stereocenters. The Labute approximate surface area is 107 Å². The lowest BCUT2D eigenvalue weighted by molar-refractivity contribution is -0.116. The van der Waals surface area contributed by atoms with Crippen molar-refractivity contribution >= 4 is 11.6 Å². The van der Waals surface area contributed by atoms with Crippen molar-refractivity contribution in [3.63, 3.8) is 0 Å². The van der Waals surface area contributed by atoms with E-state index in [0.717, 1.165) is 0 Å². The van der Waals surface area contributed by atoms with Gasteiger partial charge in [0.1, 0.15) is 0 Å². The maximum Gasteiger partial charge on any atom is 0.224 e. The third-order valence-corrected chi connectivity index (χ3v) is 2.48. The molecule has 2 N–H and O–H groups in total. The van der Waals surface area contributed by atoms with Gasteiger partial charge in [0, 0.05) is 24.8 Å². The molecule has 1 aromatic rings. The standard InChI is InChI=1S/C13H19NO4/c1-17-11-7-6-10(9-12(11)18-2)14-13(16)5-3-4-8-15/h6-7,9,15H,3-5,8H2,1-2H3,(H,14,16). The number of aliphatic hydroxyl groups is 1. The summed E-state index contributed by atoms with van der Waals surface area (Å²) in [6.45, 7) is 0.115. The Kier molecular flexibility index (Phi) is 6.00. The van der Waals surface area contributed by atoms with E-state index in [9.17, 15) is 4.79 Å².